The molecule has 0 unspecified atom stereocenters. The number of nitrogens with zero attached hydrogens (tertiary/aromatic N) is 1. The van der Waals surface area contributed by atoms with Crippen molar-refractivity contribution in [2.75, 3.05) is 20.8 Å². The van der Waals surface area contributed by atoms with Crippen molar-refractivity contribution in [1.29, 1.82) is 0 Å². The largest absolute Gasteiger partial charge is 0.496 e. The van der Waals surface area contributed by atoms with Crippen LogP contribution in [0.2, 0.25) is 0 Å². The van der Waals surface area contributed by atoms with Crippen LogP contribution in [-0.4, -0.2) is 32.9 Å². The van der Waals surface area contributed by atoms with Crippen molar-refractivity contribution in [3.8, 4) is 17.2 Å². The molecule has 0 aromatic heterocycles. The first kappa shape index (κ1) is 18.8. The minimum atomic E-state index is -0.358. The highest BCUT2D eigenvalue weighted by atomic mass is 79.9. The van der Waals surface area contributed by atoms with Crippen molar-refractivity contribution in [2.45, 2.75) is 6.92 Å². The average Bonchev–Trinajstić information content (AvgIpc) is 2.61. The maximum atomic E-state index is 11.8. The first-order valence-electron chi connectivity index (χ1n) is 7.46. The normalized spacial score (nSPS) is 10.6. The second-order valence-electron chi connectivity index (χ2n) is 5.12. The smallest absolute Gasteiger partial charge is 0.277 e. The molecule has 0 saturated heterocycles. The molecule has 0 atom stereocenters. The summed E-state index contributed by atoms with van der Waals surface area (Å²) in [5, 5.41) is 3.93. The van der Waals surface area contributed by atoms with Crippen LogP contribution in [0.15, 0.2) is 46.0 Å². The lowest BCUT2D eigenvalue weighted by atomic mass is 10.2. The number of methoxy groups -OCH3 is 2. The van der Waals surface area contributed by atoms with E-state index in [4.69, 9.17) is 14.2 Å². The quantitative estimate of drug-likeness (QED) is 0.565. The Labute approximate surface area is 154 Å². The molecular formula is C18H19BrN2O4. The average molecular weight is 407 g/mol. The predicted molar refractivity (Wildman–Crippen MR) is 99.7 cm³/mol. The number of ether oxygens (including phenoxy) is 3. The summed E-state index contributed by atoms with van der Waals surface area (Å²) in [6, 6.07) is 11.0. The Morgan fingerprint density at radius 2 is 1.84 bits per heavy atom. The number of carbonyl (C=O) groups is 1. The summed E-state index contributed by atoms with van der Waals surface area (Å²) in [6.45, 7) is 1.86. The van der Waals surface area contributed by atoms with Gasteiger partial charge in [0.15, 0.2) is 6.61 Å². The molecule has 0 aliphatic heterocycles. The Morgan fingerprint density at radius 3 is 2.48 bits per heavy atom. The van der Waals surface area contributed by atoms with Gasteiger partial charge in [0.25, 0.3) is 5.91 Å². The number of hydrogen-bond acceptors (Lipinski definition) is 5. The first-order valence-corrected chi connectivity index (χ1v) is 8.25. The second-order valence-corrected chi connectivity index (χ2v) is 5.98. The number of carbonyl (C=O) groups excluding carboxylic acids is 1. The zero-order valence-corrected chi connectivity index (χ0v) is 15.8. The van der Waals surface area contributed by atoms with E-state index < -0.39 is 0 Å². The fourth-order valence-corrected chi connectivity index (χ4v) is 2.50. The van der Waals surface area contributed by atoms with E-state index in [0.29, 0.717) is 22.8 Å². The molecule has 0 bridgehead atoms. The molecule has 0 radical (unpaired) electrons. The highest BCUT2D eigenvalue weighted by molar-refractivity contribution is 9.10. The maximum absolute atomic E-state index is 11.8. The van der Waals surface area contributed by atoms with Crippen molar-refractivity contribution < 1.29 is 19.0 Å². The van der Waals surface area contributed by atoms with Gasteiger partial charge in [-0.1, -0.05) is 17.7 Å². The lowest BCUT2D eigenvalue weighted by Gasteiger charge is -2.09. The summed E-state index contributed by atoms with van der Waals surface area (Å²) >= 11 is 3.40. The van der Waals surface area contributed by atoms with Crippen molar-refractivity contribution in [3.63, 3.8) is 0 Å². The molecule has 2 aromatic carbocycles. The molecule has 2 rings (SSSR count). The molecule has 2 aromatic rings. The van der Waals surface area contributed by atoms with Crippen LogP contribution in [0.4, 0.5) is 0 Å². The molecule has 0 fully saturated rings. The first-order chi connectivity index (χ1) is 12.0. The molecule has 25 heavy (non-hydrogen) atoms. The van der Waals surface area contributed by atoms with E-state index in [9.17, 15) is 4.79 Å². The molecule has 1 amide bonds. The minimum Gasteiger partial charge on any atom is -0.496 e. The minimum absolute atomic E-state index is 0.121. The second kappa shape index (κ2) is 9.08. The third-order valence-corrected chi connectivity index (χ3v) is 3.91. The standard InChI is InChI=1S/C18H19BrN2O4/c1-12-4-6-14(7-5-12)25-11-18(22)21-20-10-13-8-15(19)17(24-3)9-16(13)23-2/h4-10H,11H2,1-3H3,(H,21,22). The van der Waals surface area contributed by atoms with Crippen molar-refractivity contribution in [2.24, 2.45) is 5.10 Å². The van der Waals surface area contributed by atoms with Gasteiger partial charge in [0.1, 0.15) is 17.2 Å². The van der Waals surface area contributed by atoms with Crippen LogP contribution < -0.4 is 19.6 Å². The van der Waals surface area contributed by atoms with Crippen LogP contribution >= 0.6 is 15.9 Å². The lowest BCUT2D eigenvalue weighted by Crippen LogP contribution is -2.24. The van der Waals surface area contributed by atoms with Crippen molar-refractivity contribution in [3.05, 3.63) is 52.0 Å². The Hall–Kier alpha value is -2.54. The molecule has 0 heterocycles. The number of halogens is 1. The molecule has 6 nitrogen and oxygen atoms in total. The Balaban J connectivity index is 1.92. The lowest BCUT2D eigenvalue weighted by molar-refractivity contribution is -0.123. The van der Waals surface area contributed by atoms with E-state index in [-0.39, 0.29) is 12.5 Å². The van der Waals surface area contributed by atoms with Gasteiger partial charge >= 0.3 is 0 Å². The summed E-state index contributed by atoms with van der Waals surface area (Å²) < 4.78 is 16.6. The van der Waals surface area contributed by atoms with Gasteiger partial charge in [-0.15, -0.1) is 0 Å². The van der Waals surface area contributed by atoms with Gasteiger partial charge in [-0.3, -0.25) is 4.79 Å². The Bertz CT molecular complexity index is 760. The topological polar surface area (TPSA) is 69.2 Å². The van der Waals surface area contributed by atoms with Gasteiger partial charge in [-0.25, -0.2) is 5.43 Å². The highest BCUT2D eigenvalue weighted by Crippen LogP contribution is 2.31. The third kappa shape index (κ3) is 5.49. The number of rotatable bonds is 7. The zero-order chi connectivity index (χ0) is 18.2. The van der Waals surface area contributed by atoms with Crippen LogP contribution in [0.5, 0.6) is 17.2 Å². The number of aryl methyl sites for hydroxylation is 1. The maximum Gasteiger partial charge on any atom is 0.277 e. The Kier molecular flexibility index (Phi) is 6.82. The summed E-state index contributed by atoms with van der Waals surface area (Å²) in [7, 11) is 3.12. The van der Waals surface area contributed by atoms with Gasteiger partial charge < -0.3 is 14.2 Å². The number of nitrogens with one attached hydrogen (secondary N) is 1. The molecule has 7 heteroatoms. The van der Waals surface area contributed by atoms with Crippen LogP contribution in [0.3, 0.4) is 0 Å². The molecular weight excluding hydrogens is 388 g/mol. The summed E-state index contributed by atoms with van der Waals surface area (Å²) in [4.78, 5) is 11.8. The predicted octanol–water partition coefficient (Wildman–Crippen LogP) is 3.30. The SMILES string of the molecule is COc1cc(OC)c(C=NNC(=O)COc2ccc(C)cc2)cc1Br. The molecule has 132 valence electrons. The number of benzene rings is 2. The van der Waals surface area contributed by atoms with E-state index in [1.54, 1.807) is 26.4 Å². The van der Waals surface area contributed by atoms with Gasteiger partial charge in [0.05, 0.1) is 24.9 Å². The molecule has 0 aliphatic rings. The summed E-state index contributed by atoms with van der Waals surface area (Å²) in [5.41, 5.74) is 4.23. The molecule has 0 aliphatic carbocycles. The Morgan fingerprint density at radius 1 is 1.16 bits per heavy atom. The summed E-state index contributed by atoms with van der Waals surface area (Å²) in [6.07, 6.45) is 1.49. The van der Waals surface area contributed by atoms with Crippen LogP contribution in [-0.2, 0) is 4.79 Å². The number of hydrazone groups is 1. The highest BCUT2D eigenvalue weighted by Gasteiger charge is 2.08. The van der Waals surface area contributed by atoms with Gasteiger partial charge in [0.2, 0.25) is 0 Å². The number of hydrogen-bond donors (Lipinski definition) is 1. The van der Waals surface area contributed by atoms with Gasteiger partial charge in [-0.2, -0.15) is 5.10 Å². The monoisotopic (exact) mass is 406 g/mol. The van der Waals surface area contributed by atoms with Gasteiger partial charge in [-0.05, 0) is 41.1 Å². The van der Waals surface area contributed by atoms with Crippen LogP contribution in [0, 0.1) is 6.92 Å². The van der Waals surface area contributed by atoms with Crippen molar-refractivity contribution in [1.82, 2.24) is 5.43 Å². The number of amides is 1. The van der Waals surface area contributed by atoms with E-state index in [1.807, 2.05) is 31.2 Å². The van der Waals surface area contributed by atoms with Crippen LogP contribution in [0.1, 0.15) is 11.1 Å². The van der Waals surface area contributed by atoms with E-state index in [2.05, 4.69) is 26.5 Å². The molecule has 0 spiro atoms. The van der Waals surface area contributed by atoms with Gasteiger partial charge in [0, 0.05) is 11.6 Å². The van der Waals surface area contributed by atoms with Crippen molar-refractivity contribution >= 4 is 28.1 Å². The zero-order valence-electron chi connectivity index (χ0n) is 14.2. The van der Waals surface area contributed by atoms with E-state index >= 15 is 0 Å². The van der Waals surface area contributed by atoms with E-state index in [1.165, 1.54) is 6.21 Å². The van der Waals surface area contributed by atoms with Crippen LogP contribution in [0.25, 0.3) is 0 Å². The summed E-state index contributed by atoms with van der Waals surface area (Å²) in [5.74, 6) is 1.49. The van der Waals surface area contributed by atoms with E-state index in [0.717, 1.165) is 10.0 Å². The molecule has 0 saturated carbocycles. The fraction of sp³-hybridized carbons (Fsp3) is 0.222. The fourth-order valence-electron chi connectivity index (χ4n) is 1.97. The third-order valence-electron chi connectivity index (χ3n) is 3.29. The molecule has 1 N–H and O–H groups in total.